The summed E-state index contributed by atoms with van der Waals surface area (Å²) in [5.74, 6) is -0.150. The zero-order valence-corrected chi connectivity index (χ0v) is 13.9. The van der Waals surface area contributed by atoms with Gasteiger partial charge in [0.25, 0.3) is 5.91 Å². The summed E-state index contributed by atoms with van der Waals surface area (Å²) in [6, 6.07) is 6.65. The zero-order chi connectivity index (χ0) is 18.7. The number of aromatic hydroxyl groups is 1. The fourth-order valence-electron chi connectivity index (χ4n) is 1.79. The van der Waals surface area contributed by atoms with E-state index >= 15 is 0 Å². The lowest BCUT2D eigenvalue weighted by Gasteiger charge is -2.04. The molecule has 0 aliphatic heterocycles. The number of carbonyl (C=O) groups is 1. The summed E-state index contributed by atoms with van der Waals surface area (Å²) in [5.41, 5.74) is 1.23. The number of hydrogen-bond acceptors (Lipinski definition) is 5. The number of ether oxygens (including phenoxy) is 1. The van der Waals surface area contributed by atoms with Crippen LogP contribution in [0, 0.1) is 11.3 Å². The normalized spacial score (nSPS) is 11.7. The van der Waals surface area contributed by atoms with Crippen LogP contribution in [0.1, 0.15) is 5.56 Å². The highest BCUT2D eigenvalue weighted by atomic mass is 16.5. The van der Waals surface area contributed by atoms with Gasteiger partial charge in [0.05, 0.1) is 19.4 Å². The van der Waals surface area contributed by atoms with Gasteiger partial charge in [-0.15, -0.1) is 0 Å². The van der Waals surface area contributed by atoms with Crippen molar-refractivity contribution in [2.24, 2.45) is 4.99 Å². The molecule has 1 rings (SSSR count). The van der Waals surface area contributed by atoms with Crippen molar-refractivity contribution in [2.75, 3.05) is 13.7 Å². The van der Waals surface area contributed by atoms with Gasteiger partial charge in [-0.2, -0.15) is 5.26 Å². The third-order valence-corrected chi connectivity index (χ3v) is 3.06. The summed E-state index contributed by atoms with van der Waals surface area (Å²) in [7, 11) is 1.45. The van der Waals surface area contributed by atoms with Crippen LogP contribution in [0.3, 0.4) is 0 Å². The van der Waals surface area contributed by atoms with Crippen LogP contribution in [0.4, 0.5) is 0 Å². The Morgan fingerprint density at radius 1 is 1.48 bits per heavy atom. The van der Waals surface area contributed by atoms with Crippen molar-refractivity contribution in [3.05, 3.63) is 65.9 Å². The Balaban J connectivity index is 2.80. The maximum atomic E-state index is 12.0. The second-order valence-corrected chi connectivity index (χ2v) is 4.72. The van der Waals surface area contributed by atoms with Gasteiger partial charge in [-0.05, 0) is 36.6 Å². The standard InChI is InChI=1S/C19H19N3O3/c1-4-6-16(21-2)13-22-19(24)15(12-20)8-5-7-14-9-10-17(23)18(11-14)25-3/h4-11,23H,1-2,13H2,3H3,(H,22,24)/b7-5+,15-8+,16-6-. The van der Waals surface area contributed by atoms with Crippen molar-refractivity contribution in [3.63, 3.8) is 0 Å². The Labute approximate surface area is 146 Å². The molecule has 25 heavy (non-hydrogen) atoms. The minimum absolute atomic E-state index is 0.0338. The predicted molar refractivity (Wildman–Crippen MR) is 98.2 cm³/mol. The smallest absolute Gasteiger partial charge is 0.262 e. The third-order valence-electron chi connectivity index (χ3n) is 3.06. The Bertz CT molecular complexity index is 784. The van der Waals surface area contributed by atoms with Gasteiger partial charge in [0.15, 0.2) is 11.5 Å². The number of rotatable bonds is 8. The van der Waals surface area contributed by atoms with Crippen molar-refractivity contribution in [1.82, 2.24) is 5.32 Å². The molecule has 0 aliphatic carbocycles. The fraction of sp³-hybridized carbons (Fsp3) is 0.105. The average Bonchev–Trinajstić information content (AvgIpc) is 2.63. The molecule has 2 N–H and O–H groups in total. The molecule has 0 atom stereocenters. The van der Waals surface area contributed by atoms with Crippen LogP contribution in [-0.4, -0.2) is 31.4 Å². The summed E-state index contributed by atoms with van der Waals surface area (Å²) in [5, 5.41) is 21.2. The van der Waals surface area contributed by atoms with Crippen molar-refractivity contribution in [1.29, 1.82) is 5.26 Å². The minimum Gasteiger partial charge on any atom is -0.504 e. The molecule has 6 nitrogen and oxygen atoms in total. The van der Waals surface area contributed by atoms with E-state index in [2.05, 4.69) is 23.6 Å². The number of methoxy groups -OCH3 is 1. The second kappa shape index (κ2) is 10.2. The number of nitrogens with zero attached hydrogens (tertiary/aromatic N) is 2. The molecule has 1 amide bonds. The highest BCUT2D eigenvalue weighted by Crippen LogP contribution is 2.26. The Morgan fingerprint density at radius 2 is 2.24 bits per heavy atom. The molecule has 0 aliphatic rings. The zero-order valence-electron chi connectivity index (χ0n) is 13.9. The van der Waals surface area contributed by atoms with Crippen molar-refractivity contribution in [2.45, 2.75) is 0 Å². The van der Waals surface area contributed by atoms with Crippen LogP contribution < -0.4 is 10.1 Å². The molecule has 0 bridgehead atoms. The quantitative estimate of drug-likeness (QED) is 0.330. The van der Waals surface area contributed by atoms with Crippen molar-refractivity contribution < 1.29 is 14.6 Å². The monoisotopic (exact) mass is 337 g/mol. The van der Waals surface area contributed by atoms with Gasteiger partial charge in [-0.1, -0.05) is 30.9 Å². The Kier molecular flexibility index (Phi) is 7.97. The first-order valence-electron chi connectivity index (χ1n) is 7.27. The van der Waals surface area contributed by atoms with Crippen LogP contribution in [0.5, 0.6) is 11.5 Å². The number of hydrogen-bond donors (Lipinski definition) is 2. The first-order valence-corrected chi connectivity index (χ1v) is 7.27. The molecule has 128 valence electrons. The first kappa shape index (κ1) is 19.5. The van der Waals surface area contributed by atoms with Crippen LogP contribution in [-0.2, 0) is 4.79 Å². The van der Waals surface area contributed by atoms with E-state index in [1.54, 1.807) is 30.4 Å². The Morgan fingerprint density at radius 3 is 2.84 bits per heavy atom. The molecule has 0 heterocycles. The van der Waals surface area contributed by atoms with Gasteiger partial charge < -0.3 is 15.2 Å². The molecule has 0 fully saturated rings. The van der Waals surface area contributed by atoms with E-state index in [1.165, 1.54) is 25.3 Å². The number of phenolic OH excluding ortho intramolecular Hbond substituents is 1. The molecular formula is C19H19N3O3. The number of aliphatic imine (C=N–C) groups is 1. The predicted octanol–water partition coefficient (Wildman–Crippen LogP) is 2.75. The SMILES string of the molecule is C=C/C=C(/CNC(=O)/C(C#N)=C/C=C/c1ccc(O)c(OC)c1)N=C. The highest BCUT2D eigenvalue weighted by Gasteiger charge is 2.07. The van der Waals surface area contributed by atoms with E-state index in [4.69, 9.17) is 10.00 Å². The lowest BCUT2D eigenvalue weighted by Crippen LogP contribution is -2.26. The molecular weight excluding hydrogens is 318 g/mol. The summed E-state index contributed by atoms with van der Waals surface area (Å²) in [6.45, 7) is 7.07. The average molecular weight is 337 g/mol. The minimum atomic E-state index is -0.519. The molecule has 1 aromatic carbocycles. The molecule has 6 heteroatoms. The van der Waals surface area contributed by atoms with E-state index < -0.39 is 5.91 Å². The number of nitriles is 1. The van der Waals surface area contributed by atoms with Gasteiger partial charge >= 0.3 is 0 Å². The van der Waals surface area contributed by atoms with E-state index in [0.717, 1.165) is 5.56 Å². The molecule has 0 spiro atoms. The van der Waals surface area contributed by atoms with Gasteiger partial charge in [0.1, 0.15) is 11.6 Å². The van der Waals surface area contributed by atoms with Crippen molar-refractivity contribution >= 4 is 18.7 Å². The van der Waals surface area contributed by atoms with Gasteiger partial charge in [-0.3, -0.25) is 9.79 Å². The summed E-state index contributed by atoms with van der Waals surface area (Å²) in [6.07, 6.45) is 7.79. The maximum absolute atomic E-state index is 12.0. The highest BCUT2D eigenvalue weighted by molar-refractivity contribution is 5.97. The fourth-order valence-corrected chi connectivity index (χ4v) is 1.79. The van der Waals surface area contributed by atoms with E-state index in [1.807, 2.05) is 6.07 Å². The topological polar surface area (TPSA) is 94.7 Å². The van der Waals surface area contributed by atoms with Gasteiger partial charge in [0, 0.05) is 0 Å². The summed E-state index contributed by atoms with van der Waals surface area (Å²) >= 11 is 0. The number of benzene rings is 1. The Hall–Kier alpha value is -3.59. The maximum Gasteiger partial charge on any atom is 0.262 e. The van der Waals surface area contributed by atoms with Crippen LogP contribution >= 0.6 is 0 Å². The van der Waals surface area contributed by atoms with Crippen LogP contribution in [0.2, 0.25) is 0 Å². The lowest BCUT2D eigenvalue weighted by atomic mass is 10.1. The molecule has 0 radical (unpaired) electrons. The molecule has 0 saturated carbocycles. The molecule has 0 aromatic heterocycles. The molecule has 0 saturated heterocycles. The number of amides is 1. The van der Waals surface area contributed by atoms with Gasteiger partial charge in [-0.25, -0.2) is 0 Å². The van der Waals surface area contributed by atoms with Crippen LogP contribution in [0.15, 0.2) is 65.3 Å². The number of phenols is 1. The number of allylic oxidation sites excluding steroid dienone is 4. The van der Waals surface area contributed by atoms with E-state index in [-0.39, 0.29) is 17.9 Å². The van der Waals surface area contributed by atoms with E-state index in [0.29, 0.717) is 11.4 Å². The second-order valence-electron chi connectivity index (χ2n) is 4.72. The third kappa shape index (κ3) is 6.20. The van der Waals surface area contributed by atoms with Gasteiger partial charge in [0.2, 0.25) is 0 Å². The van der Waals surface area contributed by atoms with Crippen molar-refractivity contribution in [3.8, 4) is 17.6 Å². The van der Waals surface area contributed by atoms with E-state index in [9.17, 15) is 9.90 Å². The number of nitrogens with one attached hydrogen (secondary N) is 1. The lowest BCUT2D eigenvalue weighted by molar-refractivity contribution is -0.116. The largest absolute Gasteiger partial charge is 0.504 e. The molecule has 1 aromatic rings. The number of carbonyl (C=O) groups excluding carboxylic acids is 1. The summed E-state index contributed by atoms with van der Waals surface area (Å²) < 4.78 is 5.02. The molecule has 0 unspecified atom stereocenters. The summed E-state index contributed by atoms with van der Waals surface area (Å²) in [4.78, 5) is 15.7. The first-order chi connectivity index (χ1) is 12.0. The van der Waals surface area contributed by atoms with Crippen LogP contribution in [0.25, 0.3) is 6.08 Å².